The van der Waals surface area contributed by atoms with E-state index in [-0.39, 0.29) is 31.1 Å². The van der Waals surface area contributed by atoms with E-state index < -0.39 is 108 Å². The minimum Gasteiger partial charge on any atom is -0.480 e. The van der Waals surface area contributed by atoms with Crippen molar-refractivity contribution in [3.05, 3.63) is 36.0 Å². The highest BCUT2D eigenvalue weighted by Gasteiger charge is 2.34. The maximum atomic E-state index is 14.0. The third-order valence-electron chi connectivity index (χ3n) is 10.2. The summed E-state index contributed by atoms with van der Waals surface area (Å²) in [4.78, 5) is 108. The van der Waals surface area contributed by atoms with Gasteiger partial charge in [0.15, 0.2) is 0 Å². The van der Waals surface area contributed by atoms with E-state index in [0.717, 1.165) is 10.9 Å². The van der Waals surface area contributed by atoms with Gasteiger partial charge in [0.05, 0.1) is 18.7 Å². The van der Waals surface area contributed by atoms with Crippen molar-refractivity contribution < 1.29 is 48.6 Å². The summed E-state index contributed by atoms with van der Waals surface area (Å²) in [5.74, 6) is -7.31. The fraction of sp³-hybridized carbons (Fsp3) is 0.619. The second kappa shape index (κ2) is 25.4. The third kappa shape index (κ3) is 16.7. The molecule has 0 saturated heterocycles. The number of H-pyrrole nitrogens is 1. The van der Waals surface area contributed by atoms with Crippen molar-refractivity contribution in [3.63, 3.8) is 0 Å². The monoisotopic (exact) mass is 873 g/mol. The van der Waals surface area contributed by atoms with Crippen molar-refractivity contribution in [2.75, 3.05) is 13.1 Å². The third-order valence-corrected chi connectivity index (χ3v) is 10.2. The number of carbonyl (C=O) groups is 8. The highest BCUT2D eigenvalue weighted by molar-refractivity contribution is 5.97. The van der Waals surface area contributed by atoms with Gasteiger partial charge in [-0.25, -0.2) is 4.79 Å². The second-order valence-corrected chi connectivity index (χ2v) is 16.7. The van der Waals surface area contributed by atoms with Crippen LogP contribution in [-0.4, -0.2) is 124 Å². The maximum absolute atomic E-state index is 14.0. The highest BCUT2D eigenvalue weighted by Crippen LogP contribution is 2.19. The lowest BCUT2D eigenvalue weighted by Gasteiger charge is -2.27. The molecule has 0 fully saturated rings. The molecule has 7 amide bonds. The molecule has 62 heavy (non-hydrogen) atoms. The Kier molecular flexibility index (Phi) is 21.5. The second-order valence-electron chi connectivity index (χ2n) is 16.7. The van der Waals surface area contributed by atoms with Crippen LogP contribution in [0.15, 0.2) is 30.5 Å². The van der Waals surface area contributed by atoms with Crippen LogP contribution >= 0.6 is 0 Å². The van der Waals surface area contributed by atoms with Gasteiger partial charge in [-0.3, -0.25) is 33.6 Å². The molecule has 0 aliphatic heterocycles. The summed E-state index contributed by atoms with van der Waals surface area (Å²) in [6.07, 6.45) is 1.57. The number of unbranched alkanes of at least 4 members (excludes halogenated alkanes) is 1. The van der Waals surface area contributed by atoms with Crippen LogP contribution in [0.2, 0.25) is 0 Å². The summed E-state index contributed by atoms with van der Waals surface area (Å²) >= 11 is 0. The van der Waals surface area contributed by atoms with Crippen LogP contribution in [0.5, 0.6) is 0 Å². The maximum Gasteiger partial charge on any atom is 0.326 e. The fourth-order valence-electron chi connectivity index (χ4n) is 6.39. The zero-order valence-electron chi connectivity index (χ0n) is 37.0. The molecule has 20 heteroatoms. The first kappa shape index (κ1) is 52.5. The molecule has 14 N–H and O–H groups in total. The Morgan fingerprint density at radius 1 is 0.677 bits per heavy atom. The van der Waals surface area contributed by atoms with Gasteiger partial charge in [-0.1, -0.05) is 59.7 Å². The van der Waals surface area contributed by atoms with Crippen LogP contribution in [0, 0.1) is 17.8 Å². The lowest BCUT2D eigenvalue weighted by atomic mass is 10.0. The number of benzene rings is 1. The summed E-state index contributed by atoms with van der Waals surface area (Å²) < 4.78 is 0. The fourth-order valence-corrected chi connectivity index (χ4v) is 6.39. The predicted molar refractivity (Wildman–Crippen MR) is 232 cm³/mol. The van der Waals surface area contributed by atoms with Crippen molar-refractivity contribution in [1.82, 2.24) is 42.2 Å². The van der Waals surface area contributed by atoms with E-state index in [0.29, 0.717) is 24.9 Å². The predicted octanol–water partition coefficient (Wildman–Crippen LogP) is -0.965. The average molecular weight is 873 g/mol. The number of aromatic nitrogens is 1. The van der Waals surface area contributed by atoms with Crippen molar-refractivity contribution in [3.8, 4) is 0 Å². The van der Waals surface area contributed by atoms with Gasteiger partial charge < -0.3 is 63.9 Å². The smallest absolute Gasteiger partial charge is 0.326 e. The number of carboxylic acids is 1. The number of nitrogens with one attached hydrogen (secondary N) is 8. The Morgan fingerprint density at radius 3 is 1.87 bits per heavy atom. The average Bonchev–Trinajstić information content (AvgIpc) is 3.61. The summed E-state index contributed by atoms with van der Waals surface area (Å²) in [5, 5.41) is 38.4. The number of nitrogens with two attached hydrogens (primary N) is 2. The number of rotatable bonds is 26. The Bertz CT molecular complexity index is 1850. The molecule has 1 aromatic carbocycles. The van der Waals surface area contributed by atoms with Crippen molar-refractivity contribution >= 4 is 58.2 Å². The molecule has 0 aliphatic rings. The zero-order chi connectivity index (χ0) is 46.8. The molecule has 346 valence electrons. The van der Waals surface area contributed by atoms with E-state index >= 15 is 0 Å². The number of hydrogen-bond donors (Lipinski definition) is 12. The number of aliphatic carboxylic acids is 1. The number of para-hydroxylation sites is 1. The van der Waals surface area contributed by atoms with E-state index in [9.17, 15) is 48.6 Å². The molecule has 1 aromatic heterocycles. The molecule has 0 bridgehead atoms. The largest absolute Gasteiger partial charge is 0.480 e. The Morgan fingerprint density at radius 2 is 1.29 bits per heavy atom. The summed E-state index contributed by atoms with van der Waals surface area (Å²) in [5.41, 5.74) is 12.9. The van der Waals surface area contributed by atoms with E-state index in [1.54, 1.807) is 33.9 Å². The number of aromatic amines is 1. The minimum atomic E-state index is -1.43. The molecular formula is C42H68N10O10. The molecule has 0 radical (unpaired) electrons. The van der Waals surface area contributed by atoms with Gasteiger partial charge in [-0.15, -0.1) is 0 Å². The van der Waals surface area contributed by atoms with E-state index in [1.807, 2.05) is 38.1 Å². The van der Waals surface area contributed by atoms with Gasteiger partial charge in [0.25, 0.3) is 0 Å². The summed E-state index contributed by atoms with van der Waals surface area (Å²) in [6, 6.07) is -1.13. The zero-order valence-corrected chi connectivity index (χ0v) is 37.0. The Labute approximate surface area is 362 Å². The van der Waals surface area contributed by atoms with E-state index in [1.165, 1.54) is 13.8 Å². The van der Waals surface area contributed by atoms with Gasteiger partial charge >= 0.3 is 5.97 Å². The van der Waals surface area contributed by atoms with Gasteiger partial charge in [0, 0.05) is 23.5 Å². The number of aliphatic hydroxyl groups is 1. The number of hydrogen-bond acceptors (Lipinski definition) is 11. The van der Waals surface area contributed by atoms with Crippen molar-refractivity contribution in [2.45, 2.75) is 136 Å². The molecule has 8 unspecified atom stereocenters. The van der Waals surface area contributed by atoms with Gasteiger partial charge in [0.1, 0.15) is 36.3 Å². The van der Waals surface area contributed by atoms with Crippen LogP contribution in [-0.2, 0) is 44.8 Å². The molecule has 8 atom stereocenters. The Hall–Kier alpha value is -5.60. The van der Waals surface area contributed by atoms with Crippen LogP contribution in [0.4, 0.5) is 0 Å². The molecule has 2 aromatic rings. The van der Waals surface area contributed by atoms with Crippen LogP contribution in [0.1, 0.15) is 86.6 Å². The van der Waals surface area contributed by atoms with Crippen LogP contribution in [0.25, 0.3) is 10.9 Å². The molecular weight excluding hydrogens is 805 g/mol. The van der Waals surface area contributed by atoms with E-state index in [2.05, 4.69) is 42.2 Å². The van der Waals surface area contributed by atoms with Gasteiger partial charge in [-0.2, -0.15) is 0 Å². The van der Waals surface area contributed by atoms with Crippen molar-refractivity contribution in [1.29, 1.82) is 0 Å². The van der Waals surface area contributed by atoms with Gasteiger partial charge in [-0.05, 0) is 75.5 Å². The van der Waals surface area contributed by atoms with Crippen LogP contribution < -0.4 is 48.7 Å². The van der Waals surface area contributed by atoms with E-state index in [4.69, 9.17) is 11.5 Å². The molecule has 0 aliphatic carbocycles. The molecule has 20 nitrogen and oxygen atoms in total. The number of carbonyl (C=O) groups excluding carboxylic acids is 7. The highest BCUT2D eigenvalue weighted by atomic mass is 16.4. The summed E-state index contributed by atoms with van der Waals surface area (Å²) in [6.45, 7) is 12.7. The SMILES string of the molecule is CC(C)CC(NC(=O)C(C)NC(=O)C(NC(=O)C(N)C(C)C)C(C)O)C(=O)NC(Cc1c[nH]c2ccccc12)C(=O)NCC(=O)NC(CCCCN)C(=O)NC(C(=O)O)C(C)C. The first-order valence-corrected chi connectivity index (χ1v) is 21.1. The standard InChI is InChI=1S/C42H68N10O10/c1-21(2)17-30(49-36(55)24(7)47-41(60)35(25(8)53)52-40(59)33(44)22(3)4)39(58)50-31(18-26-19-45-28-14-10-9-13-27(26)28)37(56)46-20-32(54)48-29(15-11-12-16-43)38(57)51-34(23(5)6)42(61)62/h9-10,13-14,19,21-25,29-31,33-35,45,53H,11-12,15-18,20,43-44H2,1-8H3,(H,46,56)(H,47,60)(H,48,54)(H,49,55)(H,50,58)(H,51,57)(H,52,59)(H,61,62). The van der Waals surface area contributed by atoms with Crippen molar-refractivity contribution in [2.24, 2.45) is 29.2 Å². The first-order valence-electron chi connectivity index (χ1n) is 21.1. The number of fused-ring (bicyclic) bond motifs is 1. The topological polar surface area (TPSA) is 329 Å². The number of carboxylic acid groups (broad SMARTS) is 1. The molecule has 2 rings (SSSR count). The lowest BCUT2D eigenvalue weighted by Crippen LogP contribution is -2.60. The molecule has 0 spiro atoms. The minimum absolute atomic E-state index is 0.0408. The molecule has 1 heterocycles. The lowest BCUT2D eigenvalue weighted by molar-refractivity contribution is -0.143. The number of aliphatic hydroxyl groups excluding tert-OH is 1. The summed E-state index contributed by atoms with van der Waals surface area (Å²) in [7, 11) is 0. The molecule has 0 saturated carbocycles. The number of amides is 7. The normalized spacial score (nSPS) is 15.3. The Balaban J connectivity index is 2.29. The quantitative estimate of drug-likeness (QED) is 0.0509. The van der Waals surface area contributed by atoms with Crippen LogP contribution in [0.3, 0.4) is 0 Å². The first-order chi connectivity index (χ1) is 29.1. The van der Waals surface area contributed by atoms with Gasteiger partial charge in [0.2, 0.25) is 41.4 Å².